The van der Waals surface area contributed by atoms with Gasteiger partial charge in [-0.3, -0.25) is 14.4 Å². The zero-order valence-corrected chi connectivity index (χ0v) is 22.4. The van der Waals surface area contributed by atoms with Crippen LogP contribution in [0.5, 0.6) is 0 Å². The van der Waals surface area contributed by atoms with Crippen LogP contribution in [0.25, 0.3) is 0 Å². The summed E-state index contributed by atoms with van der Waals surface area (Å²) in [7, 11) is -3.07. The molecule has 4 atom stereocenters. The SMILES string of the molecule is COC(=O)CS(=O)(=O)c1cccc(C(=O)N2[C@@H](C(=O)NC(c3cc(F)c(C(F)(F)F)cc3F)C3CC3)C[C@H]3C[C@H]32)c1. The average Bonchev–Trinajstić information content (AvgIpc) is 3.85. The molecule has 0 bridgehead atoms. The maximum absolute atomic E-state index is 14.8. The van der Waals surface area contributed by atoms with Crippen molar-refractivity contribution in [2.75, 3.05) is 12.9 Å². The predicted octanol–water partition coefficient (Wildman–Crippen LogP) is 3.80. The highest BCUT2D eigenvalue weighted by Crippen LogP contribution is 2.49. The summed E-state index contributed by atoms with van der Waals surface area (Å²) in [6.45, 7) is 0. The molecule has 5 rings (SSSR count). The minimum atomic E-state index is -5.09. The van der Waals surface area contributed by atoms with Gasteiger partial charge in [-0.05, 0) is 67.9 Å². The van der Waals surface area contributed by atoms with E-state index in [1.165, 1.54) is 23.1 Å². The summed E-state index contributed by atoms with van der Waals surface area (Å²) >= 11 is 0. The Morgan fingerprint density at radius 1 is 1.07 bits per heavy atom. The number of carbonyl (C=O) groups excluding carboxylic acids is 3. The van der Waals surface area contributed by atoms with Gasteiger partial charge in [0, 0.05) is 17.2 Å². The third-order valence-electron chi connectivity index (χ3n) is 7.74. The van der Waals surface area contributed by atoms with Crippen LogP contribution in [0.15, 0.2) is 41.3 Å². The van der Waals surface area contributed by atoms with Gasteiger partial charge in [0.25, 0.3) is 5.91 Å². The van der Waals surface area contributed by atoms with Crippen LogP contribution in [0.3, 0.4) is 0 Å². The number of hydrogen-bond donors (Lipinski definition) is 1. The number of piperidine rings is 1. The van der Waals surface area contributed by atoms with Crippen molar-refractivity contribution in [3.8, 4) is 0 Å². The molecular formula is C27H25F5N2O6S. The molecule has 1 aliphatic heterocycles. The molecular weight excluding hydrogens is 575 g/mol. The van der Waals surface area contributed by atoms with Gasteiger partial charge in [-0.2, -0.15) is 13.2 Å². The van der Waals surface area contributed by atoms with Crippen molar-refractivity contribution in [1.29, 1.82) is 0 Å². The Morgan fingerprint density at radius 3 is 2.41 bits per heavy atom. The first-order valence-electron chi connectivity index (χ1n) is 12.8. The van der Waals surface area contributed by atoms with E-state index in [4.69, 9.17) is 0 Å². The third-order valence-corrected chi connectivity index (χ3v) is 9.32. The maximum atomic E-state index is 14.8. The first kappa shape index (κ1) is 29.0. The highest BCUT2D eigenvalue weighted by Gasteiger charge is 2.56. The summed E-state index contributed by atoms with van der Waals surface area (Å²) in [5.41, 5.74) is -2.19. The number of alkyl halides is 3. The minimum absolute atomic E-state index is 0.0144. The molecule has 41 heavy (non-hydrogen) atoms. The monoisotopic (exact) mass is 600 g/mol. The molecule has 8 nitrogen and oxygen atoms in total. The van der Waals surface area contributed by atoms with Crippen LogP contribution >= 0.6 is 0 Å². The fourth-order valence-electron chi connectivity index (χ4n) is 5.40. The lowest BCUT2D eigenvalue weighted by Gasteiger charge is -2.29. The molecule has 2 aliphatic carbocycles. The van der Waals surface area contributed by atoms with E-state index in [0.29, 0.717) is 25.3 Å². The van der Waals surface area contributed by atoms with Gasteiger partial charge in [-0.15, -0.1) is 0 Å². The minimum Gasteiger partial charge on any atom is -0.468 e. The maximum Gasteiger partial charge on any atom is 0.419 e. The van der Waals surface area contributed by atoms with Crippen LogP contribution in [0.4, 0.5) is 22.0 Å². The van der Waals surface area contributed by atoms with Gasteiger partial charge >= 0.3 is 12.1 Å². The van der Waals surface area contributed by atoms with Crippen molar-refractivity contribution >= 4 is 27.6 Å². The van der Waals surface area contributed by atoms with Crippen molar-refractivity contribution in [2.24, 2.45) is 11.8 Å². The molecule has 0 aromatic heterocycles. The number of halogens is 5. The number of benzene rings is 2. The third kappa shape index (κ3) is 5.79. The van der Waals surface area contributed by atoms with Crippen LogP contribution < -0.4 is 5.32 Å². The number of amides is 2. The van der Waals surface area contributed by atoms with Crippen molar-refractivity contribution in [3.05, 3.63) is 64.7 Å². The number of hydrogen-bond acceptors (Lipinski definition) is 6. The summed E-state index contributed by atoms with van der Waals surface area (Å²) in [5, 5.41) is 2.64. The number of nitrogens with one attached hydrogen (secondary N) is 1. The number of methoxy groups -OCH3 is 1. The highest BCUT2D eigenvalue weighted by molar-refractivity contribution is 7.92. The van der Waals surface area contributed by atoms with Crippen LogP contribution in [-0.2, 0) is 30.3 Å². The summed E-state index contributed by atoms with van der Waals surface area (Å²) in [6.07, 6.45) is -3.11. The zero-order valence-electron chi connectivity index (χ0n) is 21.6. The van der Waals surface area contributed by atoms with Crippen LogP contribution in [-0.4, -0.2) is 56.0 Å². The topological polar surface area (TPSA) is 110 Å². The van der Waals surface area contributed by atoms with Gasteiger partial charge in [0.05, 0.1) is 23.6 Å². The summed E-state index contributed by atoms with van der Waals surface area (Å²) in [4.78, 5) is 39.5. The summed E-state index contributed by atoms with van der Waals surface area (Å²) < 4.78 is 97.8. The Bertz CT molecular complexity index is 1520. The van der Waals surface area contributed by atoms with Crippen molar-refractivity contribution in [2.45, 2.75) is 54.9 Å². The molecule has 1 unspecified atom stereocenters. The summed E-state index contributed by atoms with van der Waals surface area (Å²) in [5.74, 6) is -6.46. The molecule has 1 saturated heterocycles. The van der Waals surface area contributed by atoms with Crippen LogP contribution in [0.2, 0.25) is 0 Å². The van der Waals surface area contributed by atoms with Crippen LogP contribution in [0.1, 0.15) is 53.2 Å². The van der Waals surface area contributed by atoms with Gasteiger partial charge in [0.15, 0.2) is 15.6 Å². The summed E-state index contributed by atoms with van der Waals surface area (Å²) in [6, 6.07) is 3.18. The number of ether oxygens (including phenoxy) is 1. The molecule has 3 fully saturated rings. The van der Waals surface area contributed by atoms with Gasteiger partial charge < -0.3 is 15.0 Å². The van der Waals surface area contributed by atoms with E-state index >= 15 is 0 Å². The Hall–Kier alpha value is -3.55. The number of sulfone groups is 1. The molecule has 2 amide bonds. The molecule has 2 aromatic carbocycles. The number of likely N-dealkylation sites (tertiary alicyclic amines) is 1. The number of carbonyl (C=O) groups is 3. The van der Waals surface area contributed by atoms with Gasteiger partial charge in [0.1, 0.15) is 17.7 Å². The Morgan fingerprint density at radius 2 is 1.78 bits per heavy atom. The molecule has 220 valence electrons. The van der Waals surface area contributed by atoms with Gasteiger partial charge in [-0.25, -0.2) is 17.2 Å². The second-order valence-electron chi connectivity index (χ2n) is 10.6. The molecule has 0 spiro atoms. The van der Waals surface area contributed by atoms with Crippen molar-refractivity contribution in [3.63, 3.8) is 0 Å². The molecule has 0 radical (unpaired) electrons. The van der Waals surface area contributed by atoms with E-state index in [0.717, 1.165) is 13.2 Å². The standard InChI is InChI=1S/C27H25F5N2O6S/c1-40-23(35)12-41(38,39)16-4-2-3-14(7-16)26(37)34-21-8-15(21)9-22(34)25(36)33-24(13-5-6-13)17-10-20(29)18(11-19(17)28)27(30,31)32/h2-4,7,10-11,13,15,21-22,24H,5-6,8-9,12H2,1H3,(H,33,36)/t15-,21-,22-,24?/m1/s1. The van der Waals surface area contributed by atoms with E-state index in [9.17, 15) is 44.8 Å². The van der Waals surface area contributed by atoms with E-state index < -0.39 is 74.4 Å². The van der Waals surface area contributed by atoms with Gasteiger partial charge in [-0.1, -0.05) is 6.07 Å². The van der Waals surface area contributed by atoms with Crippen LogP contribution in [0, 0.1) is 23.5 Å². The smallest absolute Gasteiger partial charge is 0.419 e. The molecule has 3 aliphatic rings. The van der Waals surface area contributed by atoms with E-state index in [2.05, 4.69) is 10.1 Å². The Balaban J connectivity index is 1.38. The predicted molar refractivity (Wildman–Crippen MR) is 132 cm³/mol. The number of nitrogens with zero attached hydrogens (tertiary/aromatic N) is 1. The Labute approximate surface area is 231 Å². The van der Waals surface area contributed by atoms with Gasteiger partial charge in [0.2, 0.25) is 5.91 Å². The molecule has 1 heterocycles. The van der Waals surface area contributed by atoms with Crippen molar-refractivity contribution in [1.82, 2.24) is 10.2 Å². The number of esters is 1. The lowest BCUT2D eigenvalue weighted by Crippen LogP contribution is -2.49. The lowest BCUT2D eigenvalue weighted by atomic mass is 9.98. The van der Waals surface area contributed by atoms with E-state index in [1.54, 1.807) is 0 Å². The molecule has 1 N–H and O–H groups in total. The Kier molecular flexibility index (Phi) is 7.33. The fraction of sp³-hybridized carbons (Fsp3) is 0.444. The molecule has 2 saturated carbocycles. The first-order valence-corrected chi connectivity index (χ1v) is 14.4. The second-order valence-corrected chi connectivity index (χ2v) is 12.6. The largest absolute Gasteiger partial charge is 0.468 e. The highest BCUT2D eigenvalue weighted by atomic mass is 32.2. The first-order chi connectivity index (χ1) is 19.2. The number of fused-ring (bicyclic) bond motifs is 1. The molecule has 2 aromatic rings. The quantitative estimate of drug-likeness (QED) is 0.365. The zero-order chi connectivity index (χ0) is 29.9. The van der Waals surface area contributed by atoms with Crippen molar-refractivity contribution < 1.29 is 49.5 Å². The number of rotatable bonds is 8. The average molecular weight is 601 g/mol. The lowest BCUT2D eigenvalue weighted by molar-refractivity contribution is -0.140. The fourth-order valence-corrected chi connectivity index (χ4v) is 6.59. The second kappa shape index (κ2) is 10.4. The van der Waals surface area contributed by atoms with E-state index in [1.807, 2.05) is 0 Å². The van der Waals surface area contributed by atoms with E-state index in [-0.39, 0.29) is 40.8 Å². The normalized spacial score (nSPS) is 22.6. The molecule has 14 heteroatoms.